The van der Waals surface area contributed by atoms with Crippen LogP contribution in [0, 0.1) is 0 Å². The van der Waals surface area contributed by atoms with Crippen molar-refractivity contribution in [3.8, 4) is 5.75 Å². The van der Waals surface area contributed by atoms with E-state index in [2.05, 4.69) is 15.9 Å². The standard InChI is InChI=1S/C14H12BrNO2/c15-12-8-10(3-6-13(12)16)14(18)7-9-1-4-11(17)5-2-9/h1-6,8,17H,7,16H2. The molecule has 0 unspecified atom stereocenters. The lowest BCUT2D eigenvalue weighted by Crippen LogP contribution is -2.04. The number of aromatic hydroxyl groups is 1. The third-order valence-electron chi connectivity index (χ3n) is 2.62. The zero-order valence-corrected chi connectivity index (χ0v) is 11.1. The highest BCUT2D eigenvalue weighted by Crippen LogP contribution is 2.21. The molecule has 0 radical (unpaired) electrons. The molecule has 0 amide bonds. The summed E-state index contributed by atoms with van der Waals surface area (Å²) in [5, 5.41) is 9.17. The van der Waals surface area contributed by atoms with Crippen molar-refractivity contribution in [2.24, 2.45) is 0 Å². The predicted molar refractivity (Wildman–Crippen MR) is 74.7 cm³/mol. The molecular weight excluding hydrogens is 294 g/mol. The Kier molecular flexibility index (Phi) is 3.67. The van der Waals surface area contributed by atoms with Crippen molar-refractivity contribution >= 4 is 27.4 Å². The van der Waals surface area contributed by atoms with Gasteiger partial charge in [-0.15, -0.1) is 0 Å². The van der Waals surface area contributed by atoms with E-state index in [9.17, 15) is 4.79 Å². The minimum atomic E-state index is 0.0152. The van der Waals surface area contributed by atoms with Gasteiger partial charge in [0.05, 0.1) is 0 Å². The van der Waals surface area contributed by atoms with Crippen LogP contribution in [0.2, 0.25) is 0 Å². The molecule has 0 saturated heterocycles. The SMILES string of the molecule is Nc1ccc(C(=O)Cc2ccc(O)cc2)cc1Br. The Morgan fingerprint density at radius 1 is 1.17 bits per heavy atom. The molecule has 0 aliphatic carbocycles. The van der Waals surface area contributed by atoms with E-state index in [0.717, 1.165) is 10.0 Å². The minimum absolute atomic E-state index is 0.0152. The highest BCUT2D eigenvalue weighted by atomic mass is 79.9. The second kappa shape index (κ2) is 5.23. The molecule has 2 aromatic rings. The molecule has 0 atom stereocenters. The highest BCUT2D eigenvalue weighted by Gasteiger charge is 2.08. The second-order valence-electron chi connectivity index (χ2n) is 4.00. The summed E-state index contributed by atoms with van der Waals surface area (Å²) in [6.07, 6.45) is 0.302. The number of hydrogen-bond acceptors (Lipinski definition) is 3. The Morgan fingerprint density at radius 3 is 2.44 bits per heavy atom. The average Bonchev–Trinajstić information content (AvgIpc) is 2.35. The summed E-state index contributed by atoms with van der Waals surface area (Å²) in [6, 6.07) is 11.7. The molecule has 2 rings (SSSR count). The Balaban J connectivity index is 2.16. The molecule has 0 heterocycles. The predicted octanol–water partition coefficient (Wildman–Crippen LogP) is 3.16. The average molecular weight is 306 g/mol. The number of phenols is 1. The van der Waals surface area contributed by atoms with E-state index in [-0.39, 0.29) is 11.5 Å². The third-order valence-corrected chi connectivity index (χ3v) is 3.31. The lowest BCUT2D eigenvalue weighted by atomic mass is 10.0. The van der Waals surface area contributed by atoms with Crippen molar-refractivity contribution in [2.45, 2.75) is 6.42 Å². The number of Topliss-reactive ketones (excluding diaryl/α,β-unsaturated/α-hetero) is 1. The van der Waals surface area contributed by atoms with Gasteiger partial charge in [0, 0.05) is 22.1 Å². The van der Waals surface area contributed by atoms with E-state index in [0.29, 0.717) is 17.7 Å². The van der Waals surface area contributed by atoms with Crippen molar-refractivity contribution in [1.29, 1.82) is 0 Å². The van der Waals surface area contributed by atoms with E-state index < -0.39 is 0 Å². The number of carbonyl (C=O) groups is 1. The molecule has 0 aromatic heterocycles. The fourth-order valence-electron chi connectivity index (χ4n) is 1.60. The number of benzene rings is 2. The number of nitrogens with two attached hydrogens (primary N) is 1. The van der Waals surface area contributed by atoms with Crippen LogP contribution in [-0.2, 0) is 6.42 Å². The number of rotatable bonds is 3. The number of phenolic OH excluding ortho intramolecular Hbond substituents is 1. The third kappa shape index (κ3) is 2.90. The number of carbonyl (C=O) groups excluding carboxylic acids is 1. The summed E-state index contributed by atoms with van der Waals surface area (Å²) in [5.41, 5.74) is 7.76. The molecule has 3 nitrogen and oxygen atoms in total. The molecule has 0 bridgehead atoms. The minimum Gasteiger partial charge on any atom is -0.508 e. The van der Waals surface area contributed by atoms with Crippen LogP contribution < -0.4 is 5.73 Å². The van der Waals surface area contributed by atoms with Crippen LogP contribution in [0.25, 0.3) is 0 Å². The molecule has 18 heavy (non-hydrogen) atoms. The Hall–Kier alpha value is -1.81. The lowest BCUT2D eigenvalue weighted by Gasteiger charge is -2.04. The Labute approximate surface area is 113 Å². The lowest BCUT2D eigenvalue weighted by molar-refractivity contribution is 0.0993. The fraction of sp³-hybridized carbons (Fsp3) is 0.0714. The first kappa shape index (κ1) is 12.6. The van der Waals surface area contributed by atoms with Gasteiger partial charge in [-0.1, -0.05) is 12.1 Å². The summed E-state index contributed by atoms with van der Waals surface area (Å²) in [5.74, 6) is 0.211. The van der Waals surface area contributed by atoms with E-state index >= 15 is 0 Å². The van der Waals surface area contributed by atoms with Gasteiger partial charge in [0.15, 0.2) is 5.78 Å². The number of anilines is 1. The second-order valence-corrected chi connectivity index (χ2v) is 4.86. The van der Waals surface area contributed by atoms with Gasteiger partial charge < -0.3 is 10.8 Å². The number of nitrogen functional groups attached to an aromatic ring is 1. The molecule has 3 N–H and O–H groups in total. The van der Waals surface area contributed by atoms with Gasteiger partial charge in [-0.3, -0.25) is 4.79 Å². The number of hydrogen-bond donors (Lipinski definition) is 2. The maximum absolute atomic E-state index is 12.0. The summed E-state index contributed by atoms with van der Waals surface area (Å²) in [7, 11) is 0. The van der Waals surface area contributed by atoms with Gasteiger partial charge in [-0.05, 0) is 51.8 Å². The van der Waals surface area contributed by atoms with Gasteiger partial charge in [-0.2, -0.15) is 0 Å². The largest absolute Gasteiger partial charge is 0.508 e. The van der Waals surface area contributed by atoms with Crippen LogP contribution in [0.3, 0.4) is 0 Å². The van der Waals surface area contributed by atoms with E-state index in [1.165, 1.54) is 0 Å². The van der Waals surface area contributed by atoms with Crippen LogP contribution in [0.4, 0.5) is 5.69 Å². The molecule has 4 heteroatoms. The topological polar surface area (TPSA) is 63.3 Å². The summed E-state index contributed by atoms with van der Waals surface area (Å²) in [4.78, 5) is 12.0. The quantitative estimate of drug-likeness (QED) is 0.676. The molecular formula is C14H12BrNO2. The molecule has 0 aliphatic heterocycles. The van der Waals surface area contributed by atoms with Gasteiger partial charge >= 0.3 is 0 Å². The first-order chi connectivity index (χ1) is 8.56. The zero-order valence-electron chi connectivity index (χ0n) is 9.56. The van der Waals surface area contributed by atoms with Crippen molar-refractivity contribution in [3.63, 3.8) is 0 Å². The molecule has 2 aromatic carbocycles. The highest BCUT2D eigenvalue weighted by molar-refractivity contribution is 9.10. The summed E-state index contributed by atoms with van der Waals surface area (Å²) < 4.78 is 0.721. The van der Waals surface area contributed by atoms with E-state index in [4.69, 9.17) is 10.8 Å². The normalized spacial score (nSPS) is 10.3. The van der Waals surface area contributed by atoms with Gasteiger partial charge in [0.2, 0.25) is 0 Å². The van der Waals surface area contributed by atoms with Gasteiger partial charge in [-0.25, -0.2) is 0 Å². The van der Waals surface area contributed by atoms with Crippen LogP contribution in [0.1, 0.15) is 15.9 Å². The van der Waals surface area contributed by atoms with Crippen molar-refractivity contribution < 1.29 is 9.90 Å². The smallest absolute Gasteiger partial charge is 0.167 e. The molecule has 92 valence electrons. The number of halogens is 1. The monoisotopic (exact) mass is 305 g/mol. The van der Waals surface area contributed by atoms with Gasteiger partial charge in [0.1, 0.15) is 5.75 Å². The molecule has 0 saturated carbocycles. The van der Waals surface area contributed by atoms with Crippen molar-refractivity contribution in [2.75, 3.05) is 5.73 Å². The van der Waals surface area contributed by atoms with Crippen LogP contribution in [-0.4, -0.2) is 10.9 Å². The fourth-order valence-corrected chi connectivity index (χ4v) is 1.98. The zero-order chi connectivity index (χ0) is 13.1. The van der Waals surface area contributed by atoms with E-state index in [1.54, 1.807) is 42.5 Å². The Morgan fingerprint density at radius 2 is 1.83 bits per heavy atom. The first-order valence-corrected chi connectivity index (χ1v) is 6.21. The van der Waals surface area contributed by atoms with Gasteiger partial charge in [0.25, 0.3) is 0 Å². The molecule has 0 fully saturated rings. The maximum Gasteiger partial charge on any atom is 0.167 e. The summed E-state index contributed by atoms with van der Waals surface area (Å²) >= 11 is 3.30. The van der Waals surface area contributed by atoms with Crippen LogP contribution in [0.15, 0.2) is 46.9 Å². The molecule has 0 aliphatic rings. The maximum atomic E-state index is 12.0. The summed E-state index contributed by atoms with van der Waals surface area (Å²) in [6.45, 7) is 0. The van der Waals surface area contributed by atoms with E-state index in [1.807, 2.05) is 0 Å². The number of ketones is 1. The first-order valence-electron chi connectivity index (χ1n) is 5.42. The van der Waals surface area contributed by atoms with Crippen molar-refractivity contribution in [3.05, 3.63) is 58.1 Å². The molecule has 0 spiro atoms. The van der Waals surface area contributed by atoms with Crippen LogP contribution >= 0.6 is 15.9 Å². The Bertz CT molecular complexity index is 579. The van der Waals surface area contributed by atoms with Crippen molar-refractivity contribution in [1.82, 2.24) is 0 Å². The van der Waals surface area contributed by atoms with Crippen LogP contribution in [0.5, 0.6) is 5.75 Å².